The zero-order chi connectivity index (χ0) is 21.1. The van der Waals surface area contributed by atoms with E-state index in [1.807, 2.05) is 0 Å². The Kier molecular flexibility index (Phi) is 5.78. The Bertz CT molecular complexity index is 1080. The maximum Gasteiger partial charge on any atom is 0.337 e. The molecule has 1 unspecified atom stereocenters. The zero-order valence-corrected chi connectivity index (χ0v) is 17.0. The molecule has 1 fully saturated rings. The second-order valence-electron chi connectivity index (χ2n) is 7.97. The molecule has 0 aliphatic heterocycles. The van der Waals surface area contributed by atoms with Crippen LogP contribution >= 0.6 is 0 Å². The van der Waals surface area contributed by atoms with Gasteiger partial charge in [-0.05, 0) is 24.5 Å². The highest BCUT2D eigenvalue weighted by Crippen LogP contribution is 2.30. The topological polar surface area (TPSA) is 115 Å². The molecule has 9 nitrogen and oxygen atoms in total. The first-order chi connectivity index (χ1) is 14.5. The van der Waals surface area contributed by atoms with Gasteiger partial charge in [-0.15, -0.1) is 0 Å². The number of fused-ring (bicyclic) bond motifs is 1. The van der Waals surface area contributed by atoms with Crippen molar-refractivity contribution in [2.24, 2.45) is 13.0 Å². The fourth-order valence-electron chi connectivity index (χ4n) is 4.25. The summed E-state index contributed by atoms with van der Waals surface area (Å²) in [5, 5.41) is 17.0. The molecule has 1 saturated carbocycles. The van der Waals surface area contributed by atoms with Crippen LogP contribution in [0.2, 0.25) is 0 Å². The van der Waals surface area contributed by atoms with Crippen molar-refractivity contribution in [3.8, 4) is 0 Å². The molecule has 158 valence electrons. The molecule has 9 heteroatoms. The smallest absolute Gasteiger partial charge is 0.337 e. The third-order valence-corrected chi connectivity index (χ3v) is 5.93. The first-order valence-electron chi connectivity index (χ1n) is 10.3. The minimum atomic E-state index is -1.01. The van der Waals surface area contributed by atoms with Crippen molar-refractivity contribution in [1.82, 2.24) is 24.3 Å². The van der Waals surface area contributed by atoms with Crippen LogP contribution in [0.3, 0.4) is 0 Å². The van der Waals surface area contributed by atoms with E-state index in [1.165, 1.54) is 44.4 Å². The van der Waals surface area contributed by atoms with Gasteiger partial charge in [0.2, 0.25) is 0 Å². The minimum absolute atomic E-state index is 0.0846. The molecule has 1 aliphatic rings. The third kappa shape index (κ3) is 4.19. The molecule has 0 aromatic carbocycles. The minimum Gasteiger partial charge on any atom is -0.478 e. The summed E-state index contributed by atoms with van der Waals surface area (Å²) in [5.41, 5.74) is 0.623. The Labute approximate surface area is 173 Å². The summed E-state index contributed by atoms with van der Waals surface area (Å²) in [6, 6.07) is 3.08. The van der Waals surface area contributed by atoms with E-state index in [2.05, 4.69) is 20.4 Å². The average molecular weight is 410 g/mol. The second kappa shape index (κ2) is 8.64. The summed E-state index contributed by atoms with van der Waals surface area (Å²) in [6.45, 7) is 0.503. The molecule has 2 N–H and O–H groups in total. The van der Waals surface area contributed by atoms with Gasteiger partial charge < -0.3 is 10.4 Å². The average Bonchev–Trinajstić information content (AvgIpc) is 3.14. The van der Waals surface area contributed by atoms with E-state index in [0.717, 1.165) is 6.42 Å². The lowest BCUT2D eigenvalue weighted by molar-refractivity contribution is 0.0696. The number of aryl methyl sites for hydroxylation is 1. The lowest BCUT2D eigenvalue weighted by Gasteiger charge is -2.28. The summed E-state index contributed by atoms with van der Waals surface area (Å²) in [6.07, 6.45) is 11.5. The van der Waals surface area contributed by atoms with Crippen molar-refractivity contribution in [2.75, 3.05) is 11.9 Å². The van der Waals surface area contributed by atoms with Crippen molar-refractivity contribution in [2.45, 2.75) is 44.6 Å². The van der Waals surface area contributed by atoms with Crippen molar-refractivity contribution in [1.29, 1.82) is 0 Å². The number of nitrogens with zero attached hydrogens (tertiary/aromatic N) is 5. The number of pyridine rings is 1. The summed E-state index contributed by atoms with van der Waals surface area (Å²) < 4.78 is 3.31. The molecule has 3 heterocycles. The summed E-state index contributed by atoms with van der Waals surface area (Å²) in [4.78, 5) is 32.8. The van der Waals surface area contributed by atoms with Gasteiger partial charge in [0.1, 0.15) is 17.5 Å². The standard InChI is InChI=1S/C21H26N6O3/c1-26-19-17(12-25-26)20(28)27(13-24-19)16(9-14-5-3-2-4-6-14)11-23-18-8-7-15(10-22-18)21(29)30/h7-8,10,12-14,16H,2-6,9,11H2,1H3,(H,22,23)(H,29,30). The number of anilines is 1. The number of aromatic carboxylic acids is 1. The van der Waals surface area contributed by atoms with Crippen LogP contribution in [0.25, 0.3) is 11.0 Å². The van der Waals surface area contributed by atoms with Crippen molar-refractivity contribution >= 4 is 22.8 Å². The van der Waals surface area contributed by atoms with Gasteiger partial charge in [0.05, 0.1) is 17.8 Å². The van der Waals surface area contributed by atoms with Crippen LogP contribution in [0.4, 0.5) is 5.82 Å². The lowest BCUT2D eigenvalue weighted by atomic mass is 9.84. The van der Waals surface area contributed by atoms with E-state index >= 15 is 0 Å². The first-order valence-corrected chi connectivity index (χ1v) is 10.3. The number of nitrogens with one attached hydrogen (secondary N) is 1. The molecule has 3 aromatic heterocycles. The molecule has 1 aliphatic carbocycles. The fraction of sp³-hybridized carbons (Fsp3) is 0.476. The number of hydrogen-bond donors (Lipinski definition) is 2. The van der Waals surface area contributed by atoms with E-state index in [1.54, 1.807) is 34.9 Å². The maximum atomic E-state index is 13.1. The van der Waals surface area contributed by atoms with E-state index in [4.69, 9.17) is 5.11 Å². The number of hydrogen-bond acceptors (Lipinski definition) is 6. The summed E-state index contributed by atoms with van der Waals surface area (Å²) in [5.74, 6) is 0.146. The molecule has 1 atom stereocenters. The number of aromatic nitrogens is 5. The molecule has 0 saturated heterocycles. The quantitative estimate of drug-likeness (QED) is 0.615. The predicted molar refractivity (Wildman–Crippen MR) is 113 cm³/mol. The molecule has 0 amide bonds. The van der Waals surface area contributed by atoms with E-state index in [-0.39, 0.29) is 17.2 Å². The third-order valence-electron chi connectivity index (χ3n) is 5.93. The first kappa shape index (κ1) is 20.1. The maximum absolute atomic E-state index is 13.1. The zero-order valence-electron chi connectivity index (χ0n) is 17.0. The number of carbonyl (C=O) groups is 1. The highest BCUT2D eigenvalue weighted by molar-refractivity contribution is 5.87. The summed E-state index contributed by atoms with van der Waals surface area (Å²) in [7, 11) is 1.77. The van der Waals surface area contributed by atoms with Gasteiger partial charge in [0.25, 0.3) is 5.56 Å². The highest BCUT2D eigenvalue weighted by atomic mass is 16.4. The Morgan fingerprint density at radius 2 is 2.03 bits per heavy atom. The molecule has 30 heavy (non-hydrogen) atoms. The molecular formula is C21H26N6O3. The fourth-order valence-corrected chi connectivity index (χ4v) is 4.25. The Morgan fingerprint density at radius 1 is 1.23 bits per heavy atom. The second-order valence-corrected chi connectivity index (χ2v) is 7.97. The Balaban J connectivity index is 1.58. The predicted octanol–water partition coefficient (Wildman–Crippen LogP) is 2.85. The van der Waals surface area contributed by atoms with Crippen LogP contribution < -0.4 is 10.9 Å². The largest absolute Gasteiger partial charge is 0.478 e. The number of carboxylic acids is 1. The van der Waals surface area contributed by atoms with Crippen molar-refractivity contribution in [3.05, 3.63) is 46.8 Å². The molecule has 4 rings (SSSR count). The number of rotatable bonds is 7. The van der Waals surface area contributed by atoms with Gasteiger partial charge in [-0.2, -0.15) is 5.10 Å². The Hall–Kier alpha value is -3.23. The van der Waals surface area contributed by atoms with Gasteiger partial charge in [0.15, 0.2) is 5.65 Å². The molecule has 0 spiro atoms. The SMILES string of the molecule is Cn1ncc2c(=O)n(C(CNc3ccc(C(=O)O)cn3)CC3CCCCC3)cnc21. The van der Waals surface area contributed by atoms with Gasteiger partial charge in [-0.3, -0.25) is 14.0 Å². The molecule has 3 aromatic rings. The van der Waals surface area contributed by atoms with Crippen LogP contribution in [-0.2, 0) is 7.05 Å². The molecule has 0 radical (unpaired) electrons. The Morgan fingerprint density at radius 3 is 2.73 bits per heavy atom. The van der Waals surface area contributed by atoms with Crippen molar-refractivity contribution in [3.63, 3.8) is 0 Å². The van der Waals surface area contributed by atoms with Gasteiger partial charge in [-0.1, -0.05) is 32.1 Å². The monoisotopic (exact) mass is 410 g/mol. The van der Waals surface area contributed by atoms with E-state index in [0.29, 0.717) is 29.3 Å². The van der Waals surface area contributed by atoms with Crippen LogP contribution in [0.5, 0.6) is 0 Å². The van der Waals surface area contributed by atoms with Crippen LogP contribution in [-0.4, -0.2) is 41.9 Å². The van der Waals surface area contributed by atoms with Gasteiger partial charge >= 0.3 is 5.97 Å². The van der Waals surface area contributed by atoms with Crippen LogP contribution in [0, 0.1) is 5.92 Å². The van der Waals surface area contributed by atoms with Crippen molar-refractivity contribution < 1.29 is 9.90 Å². The van der Waals surface area contributed by atoms with Gasteiger partial charge in [0, 0.05) is 19.8 Å². The number of carboxylic acid groups (broad SMARTS) is 1. The summed E-state index contributed by atoms with van der Waals surface area (Å²) >= 11 is 0. The van der Waals surface area contributed by atoms with Crippen LogP contribution in [0.1, 0.15) is 54.9 Å². The molecule has 0 bridgehead atoms. The normalized spacial score (nSPS) is 15.9. The van der Waals surface area contributed by atoms with Gasteiger partial charge in [-0.25, -0.2) is 14.8 Å². The lowest BCUT2D eigenvalue weighted by Crippen LogP contribution is -2.31. The van der Waals surface area contributed by atoms with Crippen LogP contribution in [0.15, 0.2) is 35.6 Å². The van der Waals surface area contributed by atoms with E-state index < -0.39 is 5.97 Å². The highest BCUT2D eigenvalue weighted by Gasteiger charge is 2.22. The molecular weight excluding hydrogens is 384 g/mol. The van der Waals surface area contributed by atoms with E-state index in [9.17, 15) is 9.59 Å².